The Balaban J connectivity index is 1.83. The lowest BCUT2D eigenvalue weighted by Gasteiger charge is -2.21. The molecule has 0 unspecified atom stereocenters. The number of aromatic amines is 1. The van der Waals surface area contributed by atoms with Crippen LogP contribution < -0.4 is 10.3 Å². The van der Waals surface area contributed by atoms with Crippen LogP contribution in [-0.2, 0) is 5.41 Å². The average Bonchev–Trinajstić information content (AvgIpc) is 2.73. The molecule has 0 aliphatic rings. The summed E-state index contributed by atoms with van der Waals surface area (Å²) in [6.45, 7) is 8.56. The Hall–Kier alpha value is -3.40. The lowest BCUT2D eigenvalue weighted by Crippen LogP contribution is -2.19. The van der Waals surface area contributed by atoms with Gasteiger partial charge in [0.05, 0.1) is 6.20 Å². The van der Waals surface area contributed by atoms with Crippen molar-refractivity contribution in [2.45, 2.75) is 39.2 Å². The van der Waals surface area contributed by atoms with E-state index < -0.39 is 0 Å². The highest BCUT2D eigenvalue weighted by atomic mass is 16.3. The first kappa shape index (κ1) is 19.9. The fourth-order valence-electron chi connectivity index (χ4n) is 3.67. The standard InChI is InChI=1S/C26H27N3O/c1-17-8-9-19-12-15-21(25(30)24(19)28-17)23(29-22-7-5-6-16-27-22)18-10-13-20(14-11-18)26(2,3)4/h5-16,23,30H,1-4H3,(H,27,29)/p+1/t23-/m1/s1. The Labute approximate surface area is 177 Å². The normalized spacial score (nSPS) is 12.7. The van der Waals surface area contributed by atoms with E-state index in [0.29, 0.717) is 5.52 Å². The van der Waals surface area contributed by atoms with Crippen LogP contribution in [0.25, 0.3) is 10.9 Å². The molecule has 2 heterocycles. The number of hydrogen-bond acceptors (Lipinski definition) is 3. The molecule has 4 aromatic rings. The molecular formula is C26H28N3O+. The fraction of sp³-hybridized carbons (Fsp3) is 0.231. The number of rotatable bonds is 4. The molecule has 2 aromatic heterocycles. The van der Waals surface area contributed by atoms with Crippen molar-refractivity contribution in [2.75, 3.05) is 5.32 Å². The Morgan fingerprint density at radius 1 is 0.933 bits per heavy atom. The zero-order valence-electron chi connectivity index (χ0n) is 17.9. The van der Waals surface area contributed by atoms with E-state index in [0.717, 1.165) is 28.0 Å². The van der Waals surface area contributed by atoms with Gasteiger partial charge in [-0.3, -0.25) is 5.32 Å². The van der Waals surface area contributed by atoms with Gasteiger partial charge in [0.1, 0.15) is 17.3 Å². The minimum atomic E-state index is -0.232. The van der Waals surface area contributed by atoms with E-state index in [1.54, 1.807) is 0 Å². The summed E-state index contributed by atoms with van der Waals surface area (Å²) in [5.74, 6) is 1.09. The number of benzene rings is 2. The van der Waals surface area contributed by atoms with E-state index in [4.69, 9.17) is 0 Å². The molecule has 0 saturated heterocycles. The smallest absolute Gasteiger partial charge is 0.272 e. The number of H-pyrrole nitrogens is 1. The summed E-state index contributed by atoms with van der Waals surface area (Å²) >= 11 is 0. The number of phenols is 1. The number of hydrogen-bond donors (Lipinski definition) is 2. The molecule has 0 saturated carbocycles. The van der Waals surface area contributed by atoms with E-state index in [9.17, 15) is 5.11 Å². The largest absolute Gasteiger partial charge is 0.505 e. The highest BCUT2D eigenvalue weighted by Crippen LogP contribution is 2.36. The highest BCUT2D eigenvalue weighted by Gasteiger charge is 2.25. The third-order valence-electron chi connectivity index (χ3n) is 5.44. The molecule has 4 heteroatoms. The number of anilines is 1. The molecule has 30 heavy (non-hydrogen) atoms. The molecule has 2 aromatic carbocycles. The molecule has 0 aliphatic carbocycles. The molecule has 0 amide bonds. The second-order valence-corrected chi connectivity index (χ2v) is 8.75. The lowest BCUT2D eigenvalue weighted by atomic mass is 9.85. The molecule has 4 rings (SSSR count). The van der Waals surface area contributed by atoms with Gasteiger partial charge in [-0.05, 0) is 36.1 Å². The van der Waals surface area contributed by atoms with Gasteiger partial charge in [-0.1, -0.05) is 63.2 Å². The molecule has 4 nitrogen and oxygen atoms in total. The van der Waals surface area contributed by atoms with Gasteiger partial charge >= 0.3 is 0 Å². The van der Waals surface area contributed by atoms with Gasteiger partial charge in [-0.15, -0.1) is 0 Å². The third kappa shape index (κ3) is 3.99. The molecule has 0 aliphatic heterocycles. The van der Waals surface area contributed by atoms with Crippen molar-refractivity contribution >= 4 is 16.7 Å². The number of nitrogens with zero attached hydrogens (tertiary/aromatic N) is 1. The summed E-state index contributed by atoms with van der Waals surface area (Å²) in [7, 11) is 0. The van der Waals surface area contributed by atoms with Gasteiger partial charge in [-0.2, -0.15) is 0 Å². The van der Waals surface area contributed by atoms with Crippen molar-refractivity contribution in [2.24, 2.45) is 0 Å². The van der Waals surface area contributed by atoms with E-state index in [-0.39, 0.29) is 17.2 Å². The van der Waals surface area contributed by atoms with Crippen molar-refractivity contribution < 1.29 is 10.1 Å². The second-order valence-electron chi connectivity index (χ2n) is 8.75. The van der Waals surface area contributed by atoms with Crippen LogP contribution in [0, 0.1) is 6.92 Å². The van der Waals surface area contributed by atoms with Crippen molar-refractivity contribution in [1.82, 2.24) is 4.98 Å². The van der Waals surface area contributed by atoms with Gasteiger partial charge in [0.15, 0.2) is 0 Å². The number of aryl methyl sites for hydroxylation is 1. The Kier molecular flexibility index (Phi) is 5.17. The second kappa shape index (κ2) is 7.79. The van der Waals surface area contributed by atoms with Gasteiger partial charge in [-0.25, -0.2) is 9.97 Å². The molecule has 1 atom stereocenters. The molecule has 0 spiro atoms. The minimum Gasteiger partial charge on any atom is -0.505 e. The van der Waals surface area contributed by atoms with Crippen molar-refractivity contribution in [1.29, 1.82) is 0 Å². The van der Waals surface area contributed by atoms with Crippen LogP contribution in [0.15, 0.2) is 72.9 Å². The Morgan fingerprint density at radius 2 is 1.67 bits per heavy atom. The van der Waals surface area contributed by atoms with E-state index in [2.05, 4.69) is 60.3 Å². The number of aromatic hydroxyl groups is 1. The van der Waals surface area contributed by atoms with Crippen LogP contribution in [0.2, 0.25) is 0 Å². The maximum Gasteiger partial charge on any atom is 0.272 e. The zero-order chi connectivity index (χ0) is 21.3. The van der Waals surface area contributed by atoms with Crippen molar-refractivity contribution in [3.63, 3.8) is 0 Å². The first-order chi connectivity index (χ1) is 14.3. The summed E-state index contributed by atoms with van der Waals surface area (Å²) < 4.78 is 0. The van der Waals surface area contributed by atoms with Gasteiger partial charge in [0.25, 0.3) is 5.82 Å². The maximum absolute atomic E-state index is 11.2. The van der Waals surface area contributed by atoms with E-state index in [1.165, 1.54) is 5.56 Å². The monoisotopic (exact) mass is 398 g/mol. The van der Waals surface area contributed by atoms with Gasteiger partial charge in [0, 0.05) is 28.3 Å². The lowest BCUT2D eigenvalue weighted by molar-refractivity contribution is -0.361. The number of pyridine rings is 2. The predicted molar refractivity (Wildman–Crippen MR) is 122 cm³/mol. The van der Waals surface area contributed by atoms with E-state index >= 15 is 0 Å². The topological polar surface area (TPSA) is 59.3 Å². The summed E-state index contributed by atoms with van der Waals surface area (Å²) in [6, 6.07) is 22.2. The molecule has 0 fully saturated rings. The molecule has 0 radical (unpaired) electrons. The molecule has 152 valence electrons. The van der Waals surface area contributed by atoms with Crippen LogP contribution >= 0.6 is 0 Å². The molecule has 0 bridgehead atoms. The van der Waals surface area contributed by atoms with Crippen LogP contribution in [0.4, 0.5) is 5.82 Å². The van der Waals surface area contributed by atoms with Crippen molar-refractivity contribution in [3.8, 4) is 5.75 Å². The Bertz CT molecular complexity index is 1160. The van der Waals surface area contributed by atoms with Crippen LogP contribution in [-0.4, -0.2) is 10.1 Å². The fourth-order valence-corrected chi connectivity index (χ4v) is 3.67. The van der Waals surface area contributed by atoms with Crippen LogP contribution in [0.5, 0.6) is 5.75 Å². The first-order valence-corrected chi connectivity index (χ1v) is 10.3. The Morgan fingerprint density at radius 3 is 2.33 bits per heavy atom. The molecule has 3 N–H and O–H groups in total. The highest BCUT2D eigenvalue weighted by molar-refractivity contribution is 5.86. The van der Waals surface area contributed by atoms with Crippen LogP contribution in [0.3, 0.4) is 0 Å². The number of aromatic nitrogens is 2. The summed E-state index contributed by atoms with van der Waals surface area (Å²) in [4.78, 5) is 7.81. The van der Waals surface area contributed by atoms with Crippen LogP contribution in [0.1, 0.15) is 49.2 Å². The quantitative estimate of drug-likeness (QED) is 0.473. The first-order valence-electron chi connectivity index (χ1n) is 10.3. The minimum absolute atomic E-state index is 0.0845. The zero-order valence-corrected chi connectivity index (χ0v) is 17.9. The maximum atomic E-state index is 11.2. The summed E-state index contributed by atoms with van der Waals surface area (Å²) in [6.07, 6.45) is 1.88. The summed E-state index contributed by atoms with van der Waals surface area (Å²) in [5.41, 5.74) is 4.73. The average molecular weight is 399 g/mol. The number of fused-ring (bicyclic) bond motifs is 1. The summed E-state index contributed by atoms with van der Waals surface area (Å²) in [5, 5.41) is 15.6. The van der Waals surface area contributed by atoms with Gasteiger partial charge in [0.2, 0.25) is 0 Å². The third-order valence-corrected chi connectivity index (χ3v) is 5.44. The number of phenolic OH excluding ortho intramolecular Hbond substituents is 1. The number of nitrogens with one attached hydrogen (secondary N) is 2. The van der Waals surface area contributed by atoms with Crippen molar-refractivity contribution in [3.05, 3.63) is 95.3 Å². The SMILES string of the molecule is Cc1ccc2ccc([C@H](Nc3cccc[nH+]3)c3ccc(C(C)(C)C)cc3)c(O)c2n1. The molecular weight excluding hydrogens is 370 g/mol. The van der Waals surface area contributed by atoms with Gasteiger partial charge < -0.3 is 5.11 Å². The predicted octanol–water partition coefficient (Wildman–Crippen LogP) is 5.56. The van der Waals surface area contributed by atoms with E-state index in [1.807, 2.05) is 55.6 Å².